The van der Waals surface area contributed by atoms with Gasteiger partial charge in [-0.3, -0.25) is 8.97 Å². The molecule has 5 nitrogen and oxygen atoms in total. The van der Waals surface area contributed by atoms with E-state index >= 15 is 0 Å². The van der Waals surface area contributed by atoms with Crippen LogP contribution in [0.25, 0.3) is 11.3 Å². The highest BCUT2D eigenvalue weighted by atomic mass is 16.5. The number of aryl methyl sites for hydroxylation is 1. The van der Waals surface area contributed by atoms with E-state index in [-0.39, 0.29) is 5.69 Å². The van der Waals surface area contributed by atoms with E-state index in [1.54, 1.807) is 30.3 Å². The molecular weight excluding hydrogens is 242 g/mol. The Bertz CT molecular complexity index is 802. The van der Waals surface area contributed by atoms with Crippen molar-refractivity contribution in [3.05, 3.63) is 58.9 Å². The molecule has 0 amide bonds. The van der Waals surface area contributed by atoms with Crippen molar-refractivity contribution in [2.45, 2.75) is 6.92 Å². The fourth-order valence-corrected chi connectivity index (χ4v) is 2.17. The number of para-hydroxylation sites is 2. The second-order valence-corrected chi connectivity index (χ2v) is 4.26. The minimum atomic E-state index is -0.164. The Morgan fingerprint density at radius 1 is 1.26 bits per heavy atom. The number of methoxy groups -OCH3 is 1. The summed E-state index contributed by atoms with van der Waals surface area (Å²) in [6.45, 7) is 1.92. The standard InChI is InChI=1S/C14H13N3O2/c1-10-9-17(11-5-3-4-6-12(11)19-2)14(18)16-8-7-15-13(10)16/h3-9H,1-2H3. The molecule has 0 saturated carbocycles. The highest BCUT2D eigenvalue weighted by Crippen LogP contribution is 2.21. The Morgan fingerprint density at radius 2 is 2.05 bits per heavy atom. The van der Waals surface area contributed by atoms with Gasteiger partial charge >= 0.3 is 5.69 Å². The molecule has 0 fully saturated rings. The zero-order chi connectivity index (χ0) is 13.4. The molecule has 0 spiro atoms. The van der Waals surface area contributed by atoms with Crippen LogP contribution in [0.1, 0.15) is 5.56 Å². The van der Waals surface area contributed by atoms with Gasteiger partial charge in [-0.2, -0.15) is 0 Å². The summed E-state index contributed by atoms with van der Waals surface area (Å²) in [6, 6.07) is 7.42. The molecule has 3 aromatic rings. The molecule has 2 heterocycles. The smallest absolute Gasteiger partial charge is 0.338 e. The number of rotatable bonds is 2. The molecule has 0 aliphatic carbocycles. The van der Waals surface area contributed by atoms with Crippen molar-refractivity contribution >= 4 is 5.65 Å². The van der Waals surface area contributed by atoms with E-state index in [2.05, 4.69) is 4.98 Å². The molecule has 0 aliphatic rings. The van der Waals surface area contributed by atoms with Gasteiger partial charge in [0.15, 0.2) is 0 Å². The first-order valence-corrected chi connectivity index (χ1v) is 5.91. The van der Waals surface area contributed by atoms with Crippen molar-refractivity contribution in [1.82, 2.24) is 14.0 Å². The third kappa shape index (κ3) is 1.71. The van der Waals surface area contributed by atoms with Crippen LogP contribution >= 0.6 is 0 Å². The molecule has 0 saturated heterocycles. The lowest BCUT2D eigenvalue weighted by Crippen LogP contribution is -2.25. The largest absolute Gasteiger partial charge is 0.495 e. The molecule has 0 unspecified atom stereocenters. The number of aromatic nitrogens is 3. The Morgan fingerprint density at radius 3 is 2.84 bits per heavy atom. The summed E-state index contributed by atoms with van der Waals surface area (Å²) in [5, 5.41) is 0. The molecule has 5 heteroatoms. The van der Waals surface area contributed by atoms with E-state index in [1.165, 1.54) is 4.40 Å². The maximum Gasteiger partial charge on any atom is 0.338 e. The lowest BCUT2D eigenvalue weighted by atomic mass is 10.2. The van der Waals surface area contributed by atoms with Crippen molar-refractivity contribution in [2.24, 2.45) is 0 Å². The van der Waals surface area contributed by atoms with Gasteiger partial charge in [-0.05, 0) is 19.1 Å². The summed E-state index contributed by atoms with van der Waals surface area (Å²) in [5.41, 5.74) is 2.16. The van der Waals surface area contributed by atoms with Crippen LogP contribution in [0, 0.1) is 6.92 Å². The van der Waals surface area contributed by atoms with Crippen molar-refractivity contribution in [1.29, 1.82) is 0 Å². The van der Waals surface area contributed by atoms with E-state index in [1.807, 2.05) is 31.2 Å². The summed E-state index contributed by atoms with van der Waals surface area (Å²) < 4.78 is 8.41. The van der Waals surface area contributed by atoms with Gasteiger partial charge < -0.3 is 4.74 Å². The first-order chi connectivity index (χ1) is 9.22. The van der Waals surface area contributed by atoms with Gasteiger partial charge in [-0.25, -0.2) is 9.78 Å². The van der Waals surface area contributed by atoms with Crippen LogP contribution in [0.3, 0.4) is 0 Å². The predicted octanol–water partition coefficient (Wildman–Crippen LogP) is 1.80. The normalized spacial score (nSPS) is 10.8. The van der Waals surface area contributed by atoms with Crippen LogP contribution in [-0.2, 0) is 0 Å². The number of ether oxygens (including phenoxy) is 1. The van der Waals surface area contributed by atoms with Gasteiger partial charge in [0, 0.05) is 24.2 Å². The highest BCUT2D eigenvalue weighted by Gasteiger charge is 2.10. The van der Waals surface area contributed by atoms with E-state index in [9.17, 15) is 4.79 Å². The minimum Gasteiger partial charge on any atom is -0.495 e. The third-order valence-corrected chi connectivity index (χ3v) is 3.07. The molecule has 2 aromatic heterocycles. The fraction of sp³-hybridized carbons (Fsp3) is 0.143. The number of benzene rings is 1. The number of hydrogen-bond donors (Lipinski definition) is 0. The highest BCUT2D eigenvalue weighted by molar-refractivity contribution is 5.50. The Kier molecular flexibility index (Phi) is 2.59. The van der Waals surface area contributed by atoms with Crippen LogP contribution in [0.2, 0.25) is 0 Å². The number of hydrogen-bond acceptors (Lipinski definition) is 3. The van der Waals surface area contributed by atoms with Gasteiger partial charge in [-0.1, -0.05) is 12.1 Å². The summed E-state index contributed by atoms with van der Waals surface area (Å²) in [5.74, 6) is 0.656. The van der Waals surface area contributed by atoms with Gasteiger partial charge in [0.25, 0.3) is 0 Å². The van der Waals surface area contributed by atoms with Gasteiger partial charge in [0.2, 0.25) is 0 Å². The van der Waals surface area contributed by atoms with Crippen LogP contribution in [-0.4, -0.2) is 21.1 Å². The molecule has 19 heavy (non-hydrogen) atoms. The van der Waals surface area contributed by atoms with Crippen LogP contribution in [0.4, 0.5) is 0 Å². The minimum absolute atomic E-state index is 0.164. The van der Waals surface area contributed by atoms with Crippen molar-refractivity contribution in [3.63, 3.8) is 0 Å². The first kappa shape index (κ1) is 11.5. The second kappa shape index (κ2) is 4.28. The topological polar surface area (TPSA) is 48.5 Å². The summed E-state index contributed by atoms with van der Waals surface area (Å²) in [4.78, 5) is 16.6. The van der Waals surface area contributed by atoms with Gasteiger partial charge in [-0.15, -0.1) is 0 Å². The van der Waals surface area contributed by atoms with Gasteiger partial charge in [0.1, 0.15) is 11.4 Å². The lowest BCUT2D eigenvalue weighted by molar-refractivity contribution is 0.412. The quantitative estimate of drug-likeness (QED) is 0.701. The number of fused-ring (bicyclic) bond motifs is 1. The van der Waals surface area contributed by atoms with E-state index in [0.717, 1.165) is 5.56 Å². The number of imidazole rings is 1. The zero-order valence-electron chi connectivity index (χ0n) is 10.7. The monoisotopic (exact) mass is 255 g/mol. The second-order valence-electron chi connectivity index (χ2n) is 4.26. The molecule has 0 aliphatic heterocycles. The summed E-state index contributed by atoms with van der Waals surface area (Å²) in [7, 11) is 1.59. The average molecular weight is 255 g/mol. The summed E-state index contributed by atoms with van der Waals surface area (Å²) >= 11 is 0. The maximum atomic E-state index is 12.4. The SMILES string of the molecule is COc1ccccc1-n1cc(C)c2nccn2c1=O. The van der Waals surface area contributed by atoms with E-state index in [0.29, 0.717) is 17.1 Å². The average Bonchev–Trinajstić information content (AvgIpc) is 2.93. The van der Waals surface area contributed by atoms with Crippen LogP contribution in [0.5, 0.6) is 5.75 Å². The van der Waals surface area contributed by atoms with Crippen LogP contribution < -0.4 is 10.4 Å². The fourth-order valence-electron chi connectivity index (χ4n) is 2.17. The molecule has 0 radical (unpaired) electrons. The molecule has 1 aromatic carbocycles. The first-order valence-electron chi connectivity index (χ1n) is 5.91. The van der Waals surface area contributed by atoms with Crippen molar-refractivity contribution in [3.8, 4) is 11.4 Å². The Hall–Kier alpha value is -2.56. The molecule has 0 bridgehead atoms. The summed E-state index contributed by atoms with van der Waals surface area (Å²) in [6.07, 6.45) is 5.06. The van der Waals surface area contributed by atoms with Gasteiger partial charge in [0.05, 0.1) is 12.8 Å². The van der Waals surface area contributed by atoms with Crippen molar-refractivity contribution < 1.29 is 4.74 Å². The third-order valence-electron chi connectivity index (χ3n) is 3.07. The molecule has 0 N–H and O–H groups in total. The molecule has 96 valence electrons. The molecule has 0 atom stereocenters. The van der Waals surface area contributed by atoms with E-state index in [4.69, 9.17) is 4.74 Å². The maximum absolute atomic E-state index is 12.4. The van der Waals surface area contributed by atoms with Crippen LogP contribution in [0.15, 0.2) is 47.7 Å². The zero-order valence-corrected chi connectivity index (χ0v) is 10.7. The Balaban J connectivity index is 2.37. The van der Waals surface area contributed by atoms with Crippen molar-refractivity contribution in [2.75, 3.05) is 7.11 Å². The molecular formula is C14H13N3O2. The predicted molar refractivity (Wildman–Crippen MR) is 72.1 cm³/mol. The van der Waals surface area contributed by atoms with E-state index < -0.39 is 0 Å². The Labute approximate surface area is 109 Å². The number of nitrogens with zero attached hydrogens (tertiary/aromatic N) is 3. The lowest BCUT2D eigenvalue weighted by Gasteiger charge is -2.12. The molecule has 3 rings (SSSR count).